The molecule has 74 valence electrons. The van der Waals surface area contributed by atoms with Gasteiger partial charge in [0.25, 0.3) is 0 Å². The Kier molecular flexibility index (Phi) is 2.70. The van der Waals surface area contributed by atoms with Gasteiger partial charge in [-0.15, -0.1) is 23.2 Å². The van der Waals surface area contributed by atoms with Crippen LogP contribution in [0.3, 0.4) is 0 Å². The van der Waals surface area contributed by atoms with E-state index in [0.717, 1.165) is 19.0 Å². The zero-order valence-corrected chi connectivity index (χ0v) is 8.89. The Labute approximate surface area is 88.2 Å². The molecule has 2 aliphatic rings. The summed E-state index contributed by atoms with van der Waals surface area (Å²) in [5.74, 6) is 1.46. The Morgan fingerprint density at radius 1 is 1.46 bits per heavy atom. The van der Waals surface area contributed by atoms with Gasteiger partial charge in [-0.25, -0.2) is 0 Å². The maximum atomic E-state index is 11.6. The van der Waals surface area contributed by atoms with Crippen molar-refractivity contribution < 1.29 is 4.79 Å². The van der Waals surface area contributed by atoms with E-state index >= 15 is 0 Å². The van der Waals surface area contributed by atoms with Gasteiger partial charge in [-0.05, 0) is 18.8 Å². The molecule has 2 unspecified atom stereocenters. The second-order valence-electron chi connectivity index (χ2n) is 4.00. The number of nitrogens with zero attached hydrogens (tertiary/aromatic N) is 1. The van der Waals surface area contributed by atoms with Gasteiger partial charge in [0.15, 0.2) is 0 Å². The number of halogens is 2. The Morgan fingerprint density at radius 2 is 2.15 bits per heavy atom. The van der Waals surface area contributed by atoms with Crippen LogP contribution < -0.4 is 0 Å². The molecular weight excluding hydrogens is 209 g/mol. The van der Waals surface area contributed by atoms with Gasteiger partial charge >= 0.3 is 0 Å². The first-order valence-corrected chi connectivity index (χ1v) is 5.68. The molecule has 0 radical (unpaired) electrons. The Morgan fingerprint density at radius 3 is 2.62 bits per heavy atom. The number of hydrogen-bond acceptors (Lipinski definition) is 1. The van der Waals surface area contributed by atoms with Crippen molar-refractivity contribution >= 4 is 29.1 Å². The van der Waals surface area contributed by atoms with E-state index in [1.165, 1.54) is 12.8 Å². The first-order chi connectivity index (χ1) is 6.22. The Hall–Kier alpha value is 0.0500. The summed E-state index contributed by atoms with van der Waals surface area (Å²) >= 11 is 11.7. The first-order valence-electron chi connectivity index (χ1n) is 4.71. The van der Waals surface area contributed by atoms with Gasteiger partial charge in [0, 0.05) is 24.9 Å². The monoisotopic (exact) mass is 221 g/mol. The number of carbonyl (C=O) groups is 1. The van der Waals surface area contributed by atoms with Crippen molar-refractivity contribution in [2.75, 3.05) is 19.0 Å². The lowest BCUT2D eigenvalue weighted by Crippen LogP contribution is -2.29. The molecule has 4 heteroatoms. The highest BCUT2D eigenvalue weighted by atomic mass is 35.5. The van der Waals surface area contributed by atoms with Crippen LogP contribution in [0.5, 0.6) is 0 Å². The molecule has 0 aromatic carbocycles. The highest BCUT2D eigenvalue weighted by Gasteiger charge is 2.40. The Balaban J connectivity index is 1.93. The lowest BCUT2D eigenvalue weighted by atomic mass is 10.1. The average Bonchev–Trinajstić information content (AvgIpc) is 2.89. The molecule has 1 saturated carbocycles. The fourth-order valence-electron chi connectivity index (χ4n) is 1.75. The molecule has 0 N–H and O–H groups in total. The normalized spacial score (nSPS) is 34.3. The van der Waals surface area contributed by atoms with Crippen molar-refractivity contribution in [2.45, 2.75) is 18.2 Å². The highest BCUT2D eigenvalue weighted by molar-refractivity contribution is 6.32. The smallest absolute Gasteiger partial charge is 0.241 e. The lowest BCUT2D eigenvalue weighted by Gasteiger charge is -2.14. The second-order valence-corrected chi connectivity index (χ2v) is 4.78. The Bertz CT molecular complexity index is 218. The molecule has 0 aromatic heterocycles. The van der Waals surface area contributed by atoms with E-state index < -0.39 is 0 Å². The fraction of sp³-hybridized carbons (Fsp3) is 0.889. The minimum absolute atomic E-state index is 0.0826. The van der Waals surface area contributed by atoms with Crippen LogP contribution in [0.1, 0.15) is 12.8 Å². The van der Waals surface area contributed by atoms with Gasteiger partial charge < -0.3 is 4.90 Å². The van der Waals surface area contributed by atoms with Crippen molar-refractivity contribution in [1.29, 1.82) is 0 Å². The zero-order valence-electron chi connectivity index (χ0n) is 7.38. The van der Waals surface area contributed by atoms with Gasteiger partial charge in [0.1, 0.15) is 5.38 Å². The molecule has 0 spiro atoms. The summed E-state index contributed by atoms with van der Waals surface area (Å²) in [5.41, 5.74) is 0. The van der Waals surface area contributed by atoms with Crippen molar-refractivity contribution in [3.63, 3.8) is 0 Å². The molecule has 13 heavy (non-hydrogen) atoms. The van der Waals surface area contributed by atoms with Crippen LogP contribution >= 0.6 is 23.2 Å². The third kappa shape index (κ3) is 1.94. The van der Waals surface area contributed by atoms with Crippen LogP contribution in [-0.4, -0.2) is 35.2 Å². The van der Waals surface area contributed by atoms with Crippen molar-refractivity contribution in [3.8, 4) is 0 Å². The minimum Gasteiger partial charge on any atom is -0.341 e. The largest absolute Gasteiger partial charge is 0.341 e. The summed E-state index contributed by atoms with van der Waals surface area (Å²) in [6.07, 6.45) is 2.53. The number of likely N-dealkylation sites (tertiary alicyclic amines) is 1. The maximum Gasteiger partial charge on any atom is 0.241 e. The van der Waals surface area contributed by atoms with E-state index in [0.29, 0.717) is 5.88 Å². The third-order valence-electron chi connectivity index (χ3n) is 2.79. The van der Waals surface area contributed by atoms with Crippen molar-refractivity contribution in [1.82, 2.24) is 4.90 Å². The summed E-state index contributed by atoms with van der Waals surface area (Å²) in [5, 5.41) is -0.378. The second kappa shape index (κ2) is 3.66. The molecule has 2 rings (SSSR count). The third-order valence-corrected chi connectivity index (χ3v) is 3.73. The van der Waals surface area contributed by atoms with Gasteiger partial charge in [-0.3, -0.25) is 4.79 Å². The van der Waals surface area contributed by atoms with Crippen LogP contribution in [-0.2, 0) is 4.79 Å². The predicted molar refractivity (Wildman–Crippen MR) is 53.2 cm³/mol. The van der Waals surface area contributed by atoms with Gasteiger partial charge in [0.2, 0.25) is 5.91 Å². The van der Waals surface area contributed by atoms with E-state index in [1.54, 1.807) is 0 Å². The van der Waals surface area contributed by atoms with Crippen molar-refractivity contribution in [2.24, 2.45) is 11.8 Å². The predicted octanol–water partition coefficient (Wildman–Crippen LogP) is 1.70. The topological polar surface area (TPSA) is 20.3 Å². The molecule has 1 saturated heterocycles. The highest BCUT2D eigenvalue weighted by Crippen LogP contribution is 2.33. The van der Waals surface area contributed by atoms with E-state index in [9.17, 15) is 4.79 Å². The number of carbonyl (C=O) groups excluding carboxylic acids is 1. The fourth-order valence-corrected chi connectivity index (χ4v) is 2.42. The van der Waals surface area contributed by atoms with Crippen molar-refractivity contribution in [3.05, 3.63) is 0 Å². The molecule has 1 aliphatic carbocycles. The summed E-state index contributed by atoms with van der Waals surface area (Å²) < 4.78 is 0. The SMILES string of the molecule is O=C1C(Cl)C(CCl)CN1CC1CC1. The quantitative estimate of drug-likeness (QED) is 0.665. The first kappa shape index (κ1) is 9.60. The molecule has 1 heterocycles. The molecule has 2 fully saturated rings. The zero-order chi connectivity index (χ0) is 9.42. The standard InChI is InChI=1S/C9H13Cl2NO/c10-3-7-5-12(4-6-1-2-6)9(13)8(7)11/h6-8H,1-5H2. The molecule has 2 nitrogen and oxygen atoms in total. The van der Waals surface area contributed by atoms with Crippen LogP contribution in [0.2, 0.25) is 0 Å². The van der Waals surface area contributed by atoms with Crippen LogP contribution in [0.4, 0.5) is 0 Å². The summed E-state index contributed by atoms with van der Waals surface area (Å²) in [6, 6.07) is 0. The number of amides is 1. The average molecular weight is 222 g/mol. The van der Waals surface area contributed by atoms with Gasteiger partial charge in [-0.1, -0.05) is 0 Å². The summed E-state index contributed by atoms with van der Waals surface area (Å²) in [7, 11) is 0. The van der Waals surface area contributed by atoms with E-state index in [1.807, 2.05) is 4.90 Å². The van der Waals surface area contributed by atoms with E-state index in [4.69, 9.17) is 23.2 Å². The van der Waals surface area contributed by atoms with Gasteiger partial charge in [0.05, 0.1) is 0 Å². The van der Waals surface area contributed by atoms with Gasteiger partial charge in [-0.2, -0.15) is 0 Å². The number of alkyl halides is 2. The molecule has 0 bridgehead atoms. The summed E-state index contributed by atoms with van der Waals surface area (Å²) in [6.45, 7) is 1.66. The molecular formula is C9H13Cl2NO. The summed E-state index contributed by atoms with van der Waals surface area (Å²) in [4.78, 5) is 13.5. The van der Waals surface area contributed by atoms with Crippen LogP contribution in [0, 0.1) is 11.8 Å². The number of hydrogen-bond donors (Lipinski definition) is 0. The number of rotatable bonds is 3. The minimum atomic E-state index is -0.378. The maximum absolute atomic E-state index is 11.6. The van der Waals surface area contributed by atoms with E-state index in [-0.39, 0.29) is 17.2 Å². The molecule has 1 amide bonds. The van der Waals surface area contributed by atoms with E-state index in [2.05, 4.69) is 0 Å². The van der Waals surface area contributed by atoms with Crippen LogP contribution in [0.15, 0.2) is 0 Å². The molecule has 1 aliphatic heterocycles. The lowest BCUT2D eigenvalue weighted by molar-refractivity contribution is -0.127. The molecule has 2 atom stereocenters. The molecule has 0 aromatic rings. The van der Waals surface area contributed by atoms with Crippen LogP contribution in [0.25, 0.3) is 0 Å².